The number of likely N-dealkylation sites (N-methyl/N-ethyl adjacent to an activating group) is 1. The molecule has 5 nitrogen and oxygen atoms in total. The van der Waals surface area contributed by atoms with Crippen LogP contribution in [-0.4, -0.2) is 24.4 Å². The first-order valence-corrected chi connectivity index (χ1v) is 7.81. The molecule has 0 bridgehead atoms. The molecule has 0 unspecified atom stereocenters. The molecule has 0 aliphatic rings. The largest absolute Gasteiger partial charge is 0.451 e. The van der Waals surface area contributed by atoms with E-state index >= 15 is 0 Å². The van der Waals surface area contributed by atoms with E-state index in [1.165, 1.54) is 6.07 Å². The van der Waals surface area contributed by atoms with Gasteiger partial charge in [-0.1, -0.05) is 23.2 Å². The van der Waals surface area contributed by atoms with Crippen molar-refractivity contribution in [2.24, 2.45) is 0 Å². The molecular formula is C16H16Cl2N2O3. The third-order valence-electron chi connectivity index (χ3n) is 3.12. The van der Waals surface area contributed by atoms with Crippen LogP contribution in [0.25, 0.3) is 11.3 Å². The van der Waals surface area contributed by atoms with Crippen molar-refractivity contribution >= 4 is 35.0 Å². The Balaban J connectivity index is 2.14. The second-order valence-corrected chi connectivity index (χ2v) is 5.72. The number of halogens is 2. The molecule has 2 aromatic rings. The lowest BCUT2D eigenvalue weighted by molar-refractivity contribution is -0.122. The Bertz CT molecular complexity index is 728. The van der Waals surface area contributed by atoms with Crippen LogP contribution in [-0.2, 0) is 4.79 Å². The van der Waals surface area contributed by atoms with E-state index in [-0.39, 0.29) is 11.7 Å². The van der Waals surface area contributed by atoms with E-state index in [0.29, 0.717) is 27.9 Å². The number of hydrogen-bond donors (Lipinski definition) is 2. The molecule has 0 aliphatic heterocycles. The summed E-state index contributed by atoms with van der Waals surface area (Å²) in [7, 11) is 0. The molecule has 2 N–H and O–H groups in total. The fourth-order valence-corrected chi connectivity index (χ4v) is 2.33. The second kappa shape index (κ2) is 7.53. The van der Waals surface area contributed by atoms with Crippen LogP contribution in [0.4, 0.5) is 0 Å². The Morgan fingerprint density at radius 1 is 1.22 bits per heavy atom. The maximum Gasteiger partial charge on any atom is 0.287 e. The molecule has 7 heteroatoms. The van der Waals surface area contributed by atoms with Gasteiger partial charge in [0.2, 0.25) is 5.91 Å². The topological polar surface area (TPSA) is 71.3 Å². The molecular weight excluding hydrogens is 339 g/mol. The Morgan fingerprint density at radius 3 is 2.65 bits per heavy atom. The van der Waals surface area contributed by atoms with Crippen LogP contribution in [0.5, 0.6) is 0 Å². The smallest absolute Gasteiger partial charge is 0.287 e. The van der Waals surface area contributed by atoms with E-state index in [1.54, 1.807) is 38.1 Å². The molecule has 0 saturated carbocycles. The van der Waals surface area contributed by atoms with E-state index < -0.39 is 11.9 Å². The minimum atomic E-state index is -0.661. The fraction of sp³-hybridized carbons (Fsp3) is 0.250. The zero-order chi connectivity index (χ0) is 17.0. The summed E-state index contributed by atoms with van der Waals surface area (Å²) < 4.78 is 5.52. The third-order valence-corrected chi connectivity index (χ3v) is 3.68. The van der Waals surface area contributed by atoms with Crippen molar-refractivity contribution in [1.29, 1.82) is 0 Å². The summed E-state index contributed by atoms with van der Waals surface area (Å²) >= 11 is 12.1. The van der Waals surface area contributed by atoms with Gasteiger partial charge in [-0.25, -0.2) is 0 Å². The van der Waals surface area contributed by atoms with Gasteiger partial charge in [0.25, 0.3) is 5.91 Å². The molecule has 0 radical (unpaired) electrons. The zero-order valence-corrected chi connectivity index (χ0v) is 14.2. The monoisotopic (exact) mass is 354 g/mol. The van der Waals surface area contributed by atoms with Gasteiger partial charge in [-0.2, -0.15) is 0 Å². The maximum absolute atomic E-state index is 12.1. The number of amides is 2. The number of carbonyl (C=O) groups is 2. The number of nitrogens with one attached hydrogen (secondary N) is 2. The van der Waals surface area contributed by atoms with Gasteiger partial charge in [0.1, 0.15) is 11.8 Å². The lowest BCUT2D eigenvalue weighted by atomic mass is 10.2. The van der Waals surface area contributed by atoms with Crippen LogP contribution >= 0.6 is 23.2 Å². The molecule has 2 amide bonds. The number of benzene rings is 1. The van der Waals surface area contributed by atoms with Crippen molar-refractivity contribution in [2.45, 2.75) is 19.9 Å². The van der Waals surface area contributed by atoms with Gasteiger partial charge in [0.05, 0.1) is 5.02 Å². The summed E-state index contributed by atoms with van der Waals surface area (Å²) in [6.45, 7) is 3.90. The van der Waals surface area contributed by atoms with Crippen molar-refractivity contribution in [3.63, 3.8) is 0 Å². The van der Waals surface area contributed by atoms with Crippen LogP contribution in [0.1, 0.15) is 24.4 Å². The highest BCUT2D eigenvalue weighted by Gasteiger charge is 2.19. The Hall–Kier alpha value is -1.98. The van der Waals surface area contributed by atoms with E-state index in [4.69, 9.17) is 27.6 Å². The molecule has 1 atom stereocenters. The Labute approximate surface area is 144 Å². The van der Waals surface area contributed by atoms with Gasteiger partial charge in [-0.05, 0) is 44.2 Å². The maximum atomic E-state index is 12.1. The summed E-state index contributed by atoms with van der Waals surface area (Å²) in [6.07, 6.45) is 0. The lowest BCUT2D eigenvalue weighted by Gasteiger charge is -2.12. The first kappa shape index (κ1) is 17.4. The highest BCUT2D eigenvalue weighted by Crippen LogP contribution is 2.31. The standard InChI is InChI=1S/C16H16Cl2N2O3/c1-3-19-15(21)9(2)20-16(22)14-7-6-13(23-14)11-8-10(17)4-5-12(11)18/h4-9H,3H2,1-2H3,(H,19,21)(H,20,22)/t9-/m0/s1. The molecule has 1 aromatic carbocycles. The van der Waals surface area contributed by atoms with Crippen LogP contribution in [0.15, 0.2) is 34.7 Å². The van der Waals surface area contributed by atoms with E-state index in [9.17, 15) is 9.59 Å². The predicted molar refractivity (Wildman–Crippen MR) is 89.8 cm³/mol. The van der Waals surface area contributed by atoms with E-state index in [2.05, 4.69) is 10.6 Å². The van der Waals surface area contributed by atoms with Crippen LogP contribution < -0.4 is 10.6 Å². The summed E-state index contributed by atoms with van der Waals surface area (Å²) in [5.74, 6) is -0.223. The van der Waals surface area contributed by atoms with Crippen LogP contribution in [0, 0.1) is 0 Å². The summed E-state index contributed by atoms with van der Waals surface area (Å²) in [5, 5.41) is 6.17. The minimum absolute atomic E-state index is 0.0900. The average molecular weight is 355 g/mol. The minimum Gasteiger partial charge on any atom is -0.451 e. The van der Waals surface area contributed by atoms with Gasteiger partial charge in [-0.3, -0.25) is 9.59 Å². The van der Waals surface area contributed by atoms with Gasteiger partial charge in [0.15, 0.2) is 5.76 Å². The van der Waals surface area contributed by atoms with Crippen molar-refractivity contribution in [2.75, 3.05) is 6.54 Å². The lowest BCUT2D eigenvalue weighted by Crippen LogP contribution is -2.44. The average Bonchev–Trinajstić information content (AvgIpc) is 2.99. The molecule has 122 valence electrons. The quantitative estimate of drug-likeness (QED) is 0.862. The van der Waals surface area contributed by atoms with Crippen molar-refractivity contribution < 1.29 is 14.0 Å². The molecule has 0 aliphatic carbocycles. The first-order valence-electron chi connectivity index (χ1n) is 7.06. The molecule has 2 rings (SSSR count). The SMILES string of the molecule is CCNC(=O)[C@H](C)NC(=O)c1ccc(-c2cc(Cl)ccc2Cl)o1. The second-order valence-electron chi connectivity index (χ2n) is 4.88. The first-order chi connectivity index (χ1) is 10.9. The zero-order valence-electron chi connectivity index (χ0n) is 12.7. The Kier molecular flexibility index (Phi) is 5.69. The van der Waals surface area contributed by atoms with Crippen LogP contribution in [0.2, 0.25) is 10.0 Å². The van der Waals surface area contributed by atoms with Gasteiger partial charge >= 0.3 is 0 Å². The highest BCUT2D eigenvalue weighted by atomic mass is 35.5. The molecule has 0 saturated heterocycles. The van der Waals surface area contributed by atoms with Gasteiger partial charge < -0.3 is 15.1 Å². The molecule has 0 spiro atoms. The van der Waals surface area contributed by atoms with Gasteiger partial charge in [-0.15, -0.1) is 0 Å². The summed E-state index contributed by atoms with van der Waals surface area (Å²) in [4.78, 5) is 23.7. The molecule has 23 heavy (non-hydrogen) atoms. The van der Waals surface area contributed by atoms with E-state index in [1.807, 2.05) is 0 Å². The number of furan rings is 1. The Morgan fingerprint density at radius 2 is 1.96 bits per heavy atom. The number of rotatable bonds is 5. The third kappa shape index (κ3) is 4.27. The fourth-order valence-electron chi connectivity index (χ4n) is 1.95. The van der Waals surface area contributed by atoms with Crippen LogP contribution in [0.3, 0.4) is 0 Å². The normalized spacial score (nSPS) is 11.8. The number of hydrogen-bond acceptors (Lipinski definition) is 3. The summed E-state index contributed by atoms with van der Waals surface area (Å²) in [5.41, 5.74) is 0.593. The number of carbonyl (C=O) groups excluding carboxylic acids is 2. The van der Waals surface area contributed by atoms with Crippen molar-refractivity contribution in [1.82, 2.24) is 10.6 Å². The predicted octanol–water partition coefficient (Wildman–Crippen LogP) is 3.51. The molecule has 1 heterocycles. The summed E-state index contributed by atoms with van der Waals surface area (Å²) in [6, 6.07) is 7.46. The van der Waals surface area contributed by atoms with Crippen molar-refractivity contribution in [3.05, 3.63) is 46.1 Å². The van der Waals surface area contributed by atoms with Gasteiger partial charge in [0, 0.05) is 17.1 Å². The van der Waals surface area contributed by atoms with E-state index in [0.717, 1.165) is 0 Å². The molecule has 1 aromatic heterocycles. The van der Waals surface area contributed by atoms with Crippen molar-refractivity contribution in [3.8, 4) is 11.3 Å². The molecule has 0 fully saturated rings. The highest BCUT2D eigenvalue weighted by molar-refractivity contribution is 6.35.